The molecule has 1 aromatic carbocycles. The van der Waals surface area contributed by atoms with E-state index >= 15 is 0 Å². The molecule has 1 amide bonds. The van der Waals surface area contributed by atoms with Crippen molar-refractivity contribution in [1.29, 1.82) is 0 Å². The Morgan fingerprint density at radius 1 is 1.24 bits per heavy atom. The van der Waals surface area contributed by atoms with Crippen molar-refractivity contribution in [1.82, 2.24) is 4.98 Å². The van der Waals surface area contributed by atoms with Gasteiger partial charge in [0.1, 0.15) is 4.88 Å². The number of benzene rings is 1. The van der Waals surface area contributed by atoms with E-state index in [2.05, 4.69) is 10.3 Å². The fourth-order valence-corrected chi connectivity index (χ4v) is 4.02. The average molecular weight is 317 g/mol. The molecule has 21 heavy (non-hydrogen) atoms. The highest BCUT2D eigenvalue weighted by atomic mass is 32.1. The molecule has 3 N–H and O–H groups in total. The lowest BCUT2D eigenvalue weighted by Gasteiger charge is -1.99. The van der Waals surface area contributed by atoms with Gasteiger partial charge >= 0.3 is 0 Å². The Labute approximate surface area is 130 Å². The molecule has 0 fully saturated rings. The van der Waals surface area contributed by atoms with E-state index in [0.29, 0.717) is 15.7 Å². The molecule has 2 aromatic heterocycles. The van der Waals surface area contributed by atoms with Crippen LogP contribution in [0.25, 0.3) is 10.1 Å². The first-order valence-electron chi connectivity index (χ1n) is 6.50. The molecule has 0 unspecified atom stereocenters. The van der Waals surface area contributed by atoms with Gasteiger partial charge in [-0.25, -0.2) is 4.98 Å². The first-order valence-corrected chi connectivity index (χ1v) is 8.13. The number of rotatable bonds is 2. The molecule has 4 nitrogen and oxygen atoms in total. The van der Waals surface area contributed by atoms with Crippen molar-refractivity contribution in [2.45, 2.75) is 20.8 Å². The maximum atomic E-state index is 12.4. The molecule has 0 saturated carbocycles. The van der Waals surface area contributed by atoms with E-state index in [-0.39, 0.29) is 5.91 Å². The van der Waals surface area contributed by atoms with Crippen LogP contribution in [0.1, 0.15) is 25.8 Å². The second kappa shape index (κ2) is 5.13. The fraction of sp³-hybridized carbons (Fsp3) is 0.200. The van der Waals surface area contributed by atoms with E-state index < -0.39 is 0 Å². The van der Waals surface area contributed by atoms with Gasteiger partial charge < -0.3 is 5.73 Å². The number of nitrogens with zero attached hydrogens (tertiary/aromatic N) is 1. The number of nitrogens with one attached hydrogen (secondary N) is 1. The number of aryl methyl sites for hydroxylation is 3. The Morgan fingerprint density at radius 2 is 2.00 bits per heavy atom. The first-order chi connectivity index (χ1) is 9.97. The highest BCUT2D eigenvalue weighted by molar-refractivity contribution is 7.22. The summed E-state index contributed by atoms with van der Waals surface area (Å²) in [7, 11) is 0. The summed E-state index contributed by atoms with van der Waals surface area (Å²) in [6.07, 6.45) is 0. The number of anilines is 2. The Balaban J connectivity index is 1.98. The number of nitrogen functional groups attached to an aromatic ring is 1. The highest BCUT2D eigenvalue weighted by Crippen LogP contribution is 2.36. The largest absolute Gasteiger partial charge is 0.397 e. The van der Waals surface area contributed by atoms with E-state index in [1.165, 1.54) is 22.7 Å². The first kappa shape index (κ1) is 14.0. The topological polar surface area (TPSA) is 68.0 Å². The second-order valence-corrected chi connectivity index (χ2v) is 7.14. The van der Waals surface area contributed by atoms with Crippen molar-refractivity contribution in [3.8, 4) is 0 Å². The number of nitrogens with two attached hydrogens (primary N) is 1. The zero-order valence-corrected chi connectivity index (χ0v) is 13.6. The van der Waals surface area contributed by atoms with Gasteiger partial charge in [-0.3, -0.25) is 10.1 Å². The van der Waals surface area contributed by atoms with E-state index in [1.54, 1.807) is 0 Å². The predicted octanol–water partition coefficient (Wildman–Crippen LogP) is 4.12. The number of carbonyl (C=O) groups excluding carboxylic acids is 1. The standard InChI is InChI=1S/C15H15N3OS2/c1-7-5-4-6-10-11(16)13(21-12(7)10)14(19)18-15-17-8(2)9(3)20-15/h4-6H,16H2,1-3H3,(H,17,18,19). The van der Waals surface area contributed by atoms with Gasteiger partial charge in [0.25, 0.3) is 5.91 Å². The zero-order chi connectivity index (χ0) is 15.1. The molecule has 0 bridgehead atoms. The monoisotopic (exact) mass is 317 g/mol. The van der Waals surface area contributed by atoms with Gasteiger partial charge in [-0.2, -0.15) is 0 Å². The molecule has 0 atom stereocenters. The van der Waals surface area contributed by atoms with Gasteiger partial charge in [0.05, 0.1) is 11.4 Å². The Morgan fingerprint density at radius 3 is 2.62 bits per heavy atom. The molecule has 0 aliphatic rings. The van der Waals surface area contributed by atoms with Crippen LogP contribution in [-0.2, 0) is 0 Å². The average Bonchev–Trinajstić information content (AvgIpc) is 2.92. The van der Waals surface area contributed by atoms with Crippen LogP contribution in [0.15, 0.2) is 18.2 Å². The van der Waals surface area contributed by atoms with Gasteiger partial charge in [0, 0.05) is 15.0 Å². The fourth-order valence-electron chi connectivity index (χ4n) is 2.13. The molecule has 0 saturated heterocycles. The van der Waals surface area contributed by atoms with Crippen LogP contribution in [0.2, 0.25) is 0 Å². The number of amides is 1. The number of thiazole rings is 1. The summed E-state index contributed by atoms with van der Waals surface area (Å²) in [5, 5.41) is 4.40. The van der Waals surface area contributed by atoms with Crippen LogP contribution in [0.4, 0.5) is 10.8 Å². The zero-order valence-electron chi connectivity index (χ0n) is 12.0. The number of aromatic nitrogens is 1. The number of thiophene rings is 1. The molecule has 108 valence electrons. The highest BCUT2D eigenvalue weighted by Gasteiger charge is 2.18. The maximum Gasteiger partial charge on any atom is 0.269 e. The van der Waals surface area contributed by atoms with Gasteiger partial charge in [0.2, 0.25) is 0 Å². The summed E-state index contributed by atoms with van der Waals surface area (Å²) < 4.78 is 1.06. The lowest BCUT2D eigenvalue weighted by molar-refractivity contribution is 0.103. The lowest BCUT2D eigenvalue weighted by Crippen LogP contribution is -2.11. The van der Waals surface area contributed by atoms with Crippen LogP contribution in [0.5, 0.6) is 0 Å². The van der Waals surface area contributed by atoms with E-state index in [0.717, 1.165) is 26.2 Å². The normalized spacial score (nSPS) is 11.0. The molecule has 3 aromatic rings. The molecule has 0 spiro atoms. The number of hydrogen-bond donors (Lipinski definition) is 2. The third-order valence-corrected chi connectivity index (χ3v) is 5.75. The van der Waals surface area contributed by atoms with Crippen LogP contribution >= 0.6 is 22.7 Å². The molecule has 0 aliphatic carbocycles. The molecular formula is C15H15N3OS2. The van der Waals surface area contributed by atoms with Crippen molar-refractivity contribution in [3.63, 3.8) is 0 Å². The smallest absolute Gasteiger partial charge is 0.269 e. The predicted molar refractivity (Wildman–Crippen MR) is 90.5 cm³/mol. The summed E-state index contributed by atoms with van der Waals surface area (Å²) in [5.41, 5.74) is 8.74. The number of fused-ring (bicyclic) bond motifs is 1. The van der Waals surface area contributed by atoms with Gasteiger partial charge in [-0.05, 0) is 26.3 Å². The summed E-state index contributed by atoms with van der Waals surface area (Å²) in [5.74, 6) is -0.193. The van der Waals surface area contributed by atoms with Gasteiger partial charge in [-0.1, -0.05) is 18.2 Å². The van der Waals surface area contributed by atoms with Gasteiger partial charge in [0.15, 0.2) is 5.13 Å². The van der Waals surface area contributed by atoms with E-state index in [4.69, 9.17) is 5.73 Å². The SMILES string of the molecule is Cc1nc(NC(=O)c2sc3c(C)cccc3c2N)sc1C. The quantitative estimate of drug-likeness (QED) is 0.747. The van der Waals surface area contributed by atoms with E-state index in [1.807, 2.05) is 39.0 Å². The third-order valence-electron chi connectivity index (χ3n) is 3.41. The van der Waals surface area contributed by atoms with Crippen molar-refractivity contribution in [2.75, 3.05) is 11.1 Å². The minimum absolute atomic E-state index is 0.193. The molecule has 0 radical (unpaired) electrons. The van der Waals surface area contributed by atoms with Gasteiger partial charge in [-0.15, -0.1) is 22.7 Å². The van der Waals surface area contributed by atoms with E-state index in [9.17, 15) is 4.79 Å². The lowest BCUT2D eigenvalue weighted by atomic mass is 10.1. The van der Waals surface area contributed by atoms with Crippen molar-refractivity contribution >= 4 is 49.5 Å². The summed E-state index contributed by atoms with van der Waals surface area (Å²) in [6.45, 7) is 5.94. The summed E-state index contributed by atoms with van der Waals surface area (Å²) >= 11 is 2.90. The van der Waals surface area contributed by atoms with Crippen molar-refractivity contribution in [2.24, 2.45) is 0 Å². The summed E-state index contributed by atoms with van der Waals surface area (Å²) in [4.78, 5) is 18.4. The number of carbonyl (C=O) groups is 1. The van der Waals surface area contributed by atoms with Crippen LogP contribution in [-0.4, -0.2) is 10.9 Å². The van der Waals surface area contributed by atoms with Crippen LogP contribution < -0.4 is 11.1 Å². The van der Waals surface area contributed by atoms with Crippen molar-refractivity contribution in [3.05, 3.63) is 39.2 Å². The number of hydrogen-bond acceptors (Lipinski definition) is 5. The molecule has 0 aliphatic heterocycles. The maximum absolute atomic E-state index is 12.4. The summed E-state index contributed by atoms with van der Waals surface area (Å²) in [6, 6.07) is 5.92. The molecule has 3 rings (SSSR count). The Kier molecular flexibility index (Phi) is 3.43. The second-order valence-electron chi connectivity index (χ2n) is 4.91. The van der Waals surface area contributed by atoms with Crippen LogP contribution in [0, 0.1) is 20.8 Å². The molecule has 2 heterocycles. The molecular weight excluding hydrogens is 302 g/mol. The Bertz CT molecular complexity index is 829. The van der Waals surface area contributed by atoms with Crippen LogP contribution in [0.3, 0.4) is 0 Å². The Hall–Kier alpha value is -1.92. The minimum atomic E-state index is -0.193. The minimum Gasteiger partial charge on any atom is -0.397 e. The molecule has 6 heteroatoms. The van der Waals surface area contributed by atoms with Crippen molar-refractivity contribution < 1.29 is 4.79 Å². The third kappa shape index (κ3) is 2.41.